The molecule has 0 amide bonds. The van der Waals surface area contributed by atoms with Crippen LogP contribution in [-0.4, -0.2) is 60.2 Å². The number of methoxy groups -OCH3 is 1. The van der Waals surface area contributed by atoms with Crippen LogP contribution in [0.15, 0.2) is 58.4 Å². The van der Waals surface area contributed by atoms with Crippen molar-refractivity contribution in [3.8, 4) is 5.75 Å². The van der Waals surface area contributed by atoms with E-state index in [1.54, 1.807) is 25.2 Å². The van der Waals surface area contributed by atoms with Gasteiger partial charge >= 0.3 is 0 Å². The van der Waals surface area contributed by atoms with Crippen molar-refractivity contribution in [3.63, 3.8) is 0 Å². The molecule has 0 fully saturated rings. The van der Waals surface area contributed by atoms with Gasteiger partial charge in [-0.05, 0) is 42.3 Å². The highest BCUT2D eigenvalue weighted by Crippen LogP contribution is 2.14. The molecular formula is C22H32N4O4S. The minimum Gasteiger partial charge on any atom is -0.494 e. The van der Waals surface area contributed by atoms with Crippen LogP contribution in [0.25, 0.3) is 0 Å². The largest absolute Gasteiger partial charge is 0.494 e. The fourth-order valence-corrected chi connectivity index (χ4v) is 4.04. The number of aliphatic imine (C=N–C) groups is 1. The van der Waals surface area contributed by atoms with Gasteiger partial charge in [-0.2, -0.15) is 0 Å². The van der Waals surface area contributed by atoms with Crippen molar-refractivity contribution in [2.24, 2.45) is 4.99 Å². The first-order valence-electron chi connectivity index (χ1n) is 10.1. The number of ether oxygens (including phenoxy) is 2. The number of sulfonamides is 1. The molecule has 2 aromatic rings. The van der Waals surface area contributed by atoms with E-state index in [2.05, 4.69) is 15.0 Å². The van der Waals surface area contributed by atoms with Crippen LogP contribution >= 0.6 is 0 Å². The Balaban J connectivity index is 1.97. The Morgan fingerprint density at radius 3 is 2.52 bits per heavy atom. The number of hydrogen-bond acceptors (Lipinski definition) is 5. The molecule has 0 heterocycles. The van der Waals surface area contributed by atoms with Gasteiger partial charge in [0, 0.05) is 40.8 Å². The lowest BCUT2D eigenvalue weighted by Gasteiger charge is -2.22. The van der Waals surface area contributed by atoms with Crippen LogP contribution in [0.1, 0.15) is 18.1 Å². The van der Waals surface area contributed by atoms with Crippen molar-refractivity contribution in [3.05, 3.63) is 59.7 Å². The van der Waals surface area contributed by atoms with Crippen molar-refractivity contribution in [2.45, 2.75) is 24.9 Å². The summed E-state index contributed by atoms with van der Waals surface area (Å²) >= 11 is 0. The van der Waals surface area contributed by atoms with Crippen LogP contribution in [0.2, 0.25) is 0 Å². The van der Waals surface area contributed by atoms with Gasteiger partial charge in [-0.3, -0.25) is 4.99 Å². The van der Waals surface area contributed by atoms with E-state index in [0.29, 0.717) is 32.3 Å². The molecule has 0 atom stereocenters. The topological polar surface area (TPSA) is 92.3 Å². The maximum atomic E-state index is 12.4. The first kappa shape index (κ1) is 24.6. The SMILES string of the molecule is CCOc1ccc(CN(C)C(=NC)NCc2cccc(S(=O)(=O)NCCOC)c2)cc1. The summed E-state index contributed by atoms with van der Waals surface area (Å²) in [5.41, 5.74) is 1.97. The number of rotatable bonds is 11. The highest BCUT2D eigenvalue weighted by molar-refractivity contribution is 7.89. The molecule has 2 N–H and O–H groups in total. The predicted molar refractivity (Wildman–Crippen MR) is 123 cm³/mol. The predicted octanol–water partition coefficient (Wildman–Crippen LogP) is 2.22. The summed E-state index contributed by atoms with van der Waals surface area (Å²) in [5.74, 6) is 1.56. The molecule has 0 saturated heterocycles. The molecule has 170 valence electrons. The molecule has 0 unspecified atom stereocenters. The third-order valence-electron chi connectivity index (χ3n) is 4.49. The third kappa shape index (κ3) is 7.86. The minimum atomic E-state index is -3.57. The Kier molecular flexibility index (Phi) is 9.77. The molecule has 8 nitrogen and oxygen atoms in total. The Morgan fingerprint density at radius 2 is 1.87 bits per heavy atom. The second-order valence-corrected chi connectivity index (χ2v) is 8.64. The fourth-order valence-electron chi connectivity index (χ4n) is 2.96. The van der Waals surface area contributed by atoms with Gasteiger partial charge in [-0.1, -0.05) is 24.3 Å². The summed E-state index contributed by atoms with van der Waals surface area (Å²) in [6.45, 7) is 4.26. The molecule has 0 aliphatic rings. The zero-order valence-corrected chi connectivity index (χ0v) is 19.4. The normalized spacial score (nSPS) is 11.9. The summed E-state index contributed by atoms with van der Waals surface area (Å²) in [7, 11) is 1.63. The molecule has 0 aliphatic heterocycles. The van der Waals surface area contributed by atoms with Crippen LogP contribution in [-0.2, 0) is 27.8 Å². The molecule has 9 heteroatoms. The van der Waals surface area contributed by atoms with E-state index in [1.807, 2.05) is 49.2 Å². The van der Waals surface area contributed by atoms with Gasteiger partial charge in [0.15, 0.2) is 5.96 Å². The van der Waals surface area contributed by atoms with E-state index in [4.69, 9.17) is 9.47 Å². The lowest BCUT2D eigenvalue weighted by molar-refractivity contribution is 0.204. The van der Waals surface area contributed by atoms with Crippen molar-refractivity contribution in [1.29, 1.82) is 0 Å². The summed E-state index contributed by atoms with van der Waals surface area (Å²) in [4.78, 5) is 6.55. The van der Waals surface area contributed by atoms with Crippen molar-refractivity contribution < 1.29 is 17.9 Å². The van der Waals surface area contributed by atoms with E-state index in [9.17, 15) is 8.42 Å². The maximum absolute atomic E-state index is 12.4. The van der Waals surface area contributed by atoms with Crippen LogP contribution in [0.4, 0.5) is 0 Å². The summed E-state index contributed by atoms with van der Waals surface area (Å²) in [6, 6.07) is 14.8. The smallest absolute Gasteiger partial charge is 0.240 e. The Hall–Kier alpha value is -2.62. The van der Waals surface area contributed by atoms with E-state index < -0.39 is 10.0 Å². The second-order valence-electron chi connectivity index (χ2n) is 6.87. The lowest BCUT2D eigenvalue weighted by atomic mass is 10.2. The van der Waals surface area contributed by atoms with Gasteiger partial charge in [-0.15, -0.1) is 0 Å². The number of hydrogen-bond donors (Lipinski definition) is 2. The number of nitrogens with one attached hydrogen (secondary N) is 2. The van der Waals surface area contributed by atoms with E-state index in [-0.39, 0.29) is 11.4 Å². The van der Waals surface area contributed by atoms with Gasteiger partial charge < -0.3 is 19.7 Å². The summed E-state index contributed by atoms with van der Waals surface area (Å²) in [6.07, 6.45) is 0. The maximum Gasteiger partial charge on any atom is 0.240 e. The highest BCUT2D eigenvalue weighted by atomic mass is 32.2. The van der Waals surface area contributed by atoms with Gasteiger partial charge in [0.25, 0.3) is 0 Å². The molecule has 2 rings (SSSR count). The minimum absolute atomic E-state index is 0.223. The van der Waals surface area contributed by atoms with E-state index in [0.717, 1.165) is 16.9 Å². The van der Waals surface area contributed by atoms with Crippen molar-refractivity contribution in [2.75, 3.05) is 41.0 Å². The van der Waals surface area contributed by atoms with Crippen LogP contribution in [0.5, 0.6) is 5.75 Å². The number of nitrogens with zero attached hydrogens (tertiary/aromatic N) is 2. The molecule has 0 saturated carbocycles. The number of guanidine groups is 1. The number of benzene rings is 2. The first-order chi connectivity index (χ1) is 14.9. The van der Waals surface area contributed by atoms with Gasteiger partial charge in [0.1, 0.15) is 5.75 Å². The first-order valence-corrected chi connectivity index (χ1v) is 11.6. The lowest BCUT2D eigenvalue weighted by Crippen LogP contribution is -2.38. The molecule has 0 bridgehead atoms. The zero-order chi connectivity index (χ0) is 22.7. The molecular weight excluding hydrogens is 416 g/mol. The molecule has 0 aromatic heterocycles. The second kappa shape index (κ2) is 12.3. The fraction of sp³-hybridized carbons (Fsp3) is 0.409. The summed E-state index contributed by atoms with van der Waals surface area (Å²) < 4.78 is 37.7. The molecule has 0 radical (unpaired) electrons. The quantitative estimate of drug-likeness (QED) is 0.311. The average Bonchev–Trinajstić information content (AvgIpc) is 2.76. The van der Waals surface area contributed by atoms with Crippen molar-refractivity contribution >= 4 is 16.0 Å². The summed E-state index contributed by atoms with van der Waals surface area (Å²) in [5, 5.41) is 3.28. The van der Waals surface area contributed by atoms with Gasteiger partial charge in [0.05, 0.1) is 18.1 Å². The van der Waals surface area contributed by atoms with Crippen molar-refractivity contribution in [1.82, 2.24) is 14.9 Å². The standard InChI is InChI=1S/C22H32N4O4S/c1-5-30-20-11-9-18(10-12-20)17-26(3)22(23-2)24-16-19-7-6-8-21(15-19)31(27,28)25-13-14-29-4/h6-12,15,25H,5,13-14,16-17H2,1-4H3,(H,23,24). The van der Waals surface area contributed by atoms with Crippen LogP contribution in [0.3, 0.4) is 0 Å². The van der Waals surface area contributed by atoms with Crippen LogP contribution in [0, 0.1) is 0 Å². The molecule has 0 spiro atoms. The van der Waals surface area contributed by atoms with Gasteiger partial charge in [0.2, 0.25) is 10.0 Å². The average molecular weight is 449 g/mol. The molecule has 31 heavy (non-hydrogen) atoms. The highest BCUT2D eigenvalue weighted by Gasteiger charge is 2.14. The monoisotopic (exact) mass is 448 g/mol. The van der Waals surface area contributed by atoms with E-state index >= 15 is 0 Å². The Bertz CT molecular complexity index is 946. The zero-order valence-electron chi connectivity index (χ0n) is 18.6. The Labute approximate surface area is 185 Å². The Morgan fingerprint density at radius 1 is 1.13 bits per heavy atom. The van der Waals surface area contributed by atoms with Gasteiger partial charge in [-0.25, -0.2) is 13.1 Å². The molecule has 0 aliphatic carbocycles. The molecule has 2 aromatic carbocycles. The van der Waals surface area contributed by atoms with E-state index in [1.165, 1.54) is 7.11 Å². The third-order valence-corrected chi connectivity index (χ3v) is 5.94. The van der Waals surface area contributed by atoms with Crippen LogP contribution < -0.4 is 14.8 Å².